The molecule has 0 unspecified atom stereocenters. The van der Waals surface area contributed by atoms with Crippen molar-refractivity contribution in [1.82, 2.24) is 46.2 Å². The summed E-state index contributed by atoms with van der Waals surface area (Å²) < 4.78 is 0. The first-order valence-corrected chi connectivity index (χ1v) is 58.2. The maximum Gasteiger partial charge on any atom is 0.236 e. The van der Waals surface area contributed by atoms with Gasteiger partial charge in [-0.3, -0.25) is 4.79 Å². The van der Waals surface area contributed by atoms with E-state index < -0.39 is 0 Å². The molecule has 0 spiro atoms. The molecule has 9 aromatic carbocycles. The number of hydrogen-bond acceptors (Lipinski definition) is 11. The van der Waals surface area contributed by atoms with E-state index in [4.69, 9.17) is 10.8 Å². The lowest BCUT2D eigenvalue weighted by Crippen LogP contribution is -2.51. The van der Waals surface area contributed by atoms with Crippen LogP contribution in [0, 0.1) is 62.3 Å². The molecular weight excluding hydrogens is 1790 g/mol. The molecule has 808 valence electrons. The highest BCUT2D eigenvalue weighted by Crippen LogP contribution is 2.48. The van der Waals surface area contributed by atoms with Crippen LogP contribution in [0.4, 0.5) is 0 Å². The molecule has 9 aliphatic rings. The third-order valence-corrected chi connectivity index (χ3v) is 35.2. The number of hydrogen-bond donors (Lipinski definition) is 7. The smallest absolute Gasteiger partial charge is 0.236 e. The van der Waals surface area contributed by atoms with E-state index >= 15 is 0 Å². The van der Waals surface area contributed by atoms with E-state index in [0.29, 0.717) is 63.1 Å². The van der Waals surface area contributed by atoms with Crippen molar-refractivity contribution >= 4 is 5.91 Å². The molecule has 0 atom stereocenters. The van der Waals surface area contributed by atoms with E-state index in [-0.39, 0.29) is 23.5 Å². The standard InChI is InChI=1S/2C17H27N.C16H23N.C16H25N.C15H22N2O.C15H23N.C14H21N.C13H19N.C12H19NO/c1-14(2)18(4)13-17(11-5-6-12-17)16-9-7-15(3)8-10-16;1-4-18(5-2)14-17(12-6-7-13-17)16-10-8-15(3)9-11-16;1-13-4-6-14(7-5-13)16(10-2-3-11-16)12-17-15-8-9-15;1-13(2)17-12-16(10-4-5-11-16)15-8-6-14(3)7-9-15;1-12-4-6-13(7-5-12)15(2,3)11-17-9-8-16-10-14(17)18;1-13-6-8-14(9-7-13)15(12-16(2)3)10-4-5-11-15;1-12-5-7-13(8-6-12)14(11-15-2)9-3-4-10-14;1-11-4-6-12(7-5-11)13(10-14)8-2-3-9-13;1-10-4-6-11(7-5-10)12(2,3)13-8-9-14/h7-10,14H,5-6,11-13H2,1-4H3;8-11H,4-7,12-14H2,1-3H3;4-7,15,17H,2-3,8-12H2,1H3;6-9,13,17H,4-5,10-12H2,1-3H3;4-7,16H,8-11H2,1-3H3;6-9H,4-5,10-12H2,1-3H3;5-8,15H,3-4,9-11H2,1-2H3;4-7H,2-3,8-10,14H2,1H3;4-7,13-14H,8-9H2,1-3H3. The summed E-state index contributed by atoms with van der Waals surface area (Å²) in [6.07, 6.45) is 41.0. The number of piperazine rings is 1. The van der Waals surface area contributed by atoms with Gasteiger partial charge in [-0.15, -0.1) is 0 Å². The molecule has 9 fully saturated rings. The molecule has 18 rings (SSSR count). The molecule has 1 saturated heterocycles. The van der Waals surface area contributed by atoms with Crippen molar-refractivity contribution in [3.05, 3.63) is 319 Å². The van der Waals surface area contributed by atoms with Crippen LogP contribution in [-0.2, 0) is 53.7 Å². The van der Waals surface area contributed by atoms with Crippen LogP contribution in [0.5, 0.6) is 0 Å². The average molecular weight is 2000 g/mol. The number of rotatable bonds is 32. The second kappa shape index (κ2) is 58.8. The van der Waals surface area contributed by atoms with Crippen molar-refractivity contribution < 1.29 is 9.90 Å². The quantitative estimate of drug-likeness (QED) is 0.0217. The van der Waals surface area contributed by atoms with Gasteiger partial charge in [0.1, 0.15) is 0 Å². The van der Waals surface area contributed by atoms with Gasteiger partial charge in [-0.1, -0.05) is 400 Å². The van der Waals surface area contributed by atoms with E-state index in [9.17, 15) is 4.79 Å². The summed E-state index contributed by atoms with van der Waals surface area (Å²) in [4.78, 5) is 21.2. The lowest BCUT2D eigenvalue weighted by atomic mass is 9.78. The maximum atomic E-state index is 11.8. The third kappa shape index (κ3) is 36.4. The van der Waals surface area contributed by atoms with E-state index in [1.54, 1.807) is 22.3 Å². The Kier molecular flexibility index (Phi) is 48.3. The largest absolute Gasteiger partial charge is 0.395 e. The Hall–Kier alpha value is -7.95. The molecule has 9 aromatic rings. The van der Waals surface area contributed by atoms with E-state index in [2.05, 4.69) is 419 Å². The molecule has 8 aliphatic carbocycles. The van der Waals surface area contributed by atoms with Crippen LogP contribution in [0.15, 0.2) is 218 Å². The highest BCUT2D eigenvalue weighted by Gasteiger charge is 2.43. The Morgan fingerprint density at radius 2 is 0.680 bits per heavy atom. The zero-order chi connectivity index (χ0) is 106. The average Bonchev–Trinajstić information content (AvgIpc) is 1.73. The molecule has 1 aliphatic heterocycles. The van der Waals surface area contributed by atoms with Crippen molar-refractivity contribution in [2.45, 2.75) is 391 Å². The van der Waals surface area contributed by atoms with Crippen molar-refractivity contribution in [1.29, 1.82) is 0 Å². The molecule has 147 heavy (non-hydrogen) atoms. The lowest BCUT2D eigenvalue weighted by molar-refractivity contribution is -0.132. The van der Waals surface area contributed by atoms with Crippen molar-refractivity contribution in [3.63, 3.8) is 0 Å². The fraction of sp³-hybridized carbons (Fsp3) is 0.593. The van der Waals surface area contributed by atoms with Gasteiger partial charge in [-0.2, -0.15) is 0 Å². The van der Waals surface area contributed by atoms with Gasteiger partial charge in [0, 0.05) is 139 Å². The third-order valence-electron chi connectivity index (χ3n) is 35.2. The Labute approximate surface area is 898 Å². The number of aryl methyl sites for hydroxylation is 9. The van der Waals surface area contributed by atoms with Gasteiger partial charge in [0.2, 0.25) is 5.91 Å². The van der Waals surface area contributed by atoms with Gasteiger partial charge in [-0.25, -0.2) is 0 Å². The first kappa shape index (κ1) is 121. The summed E-state index contributed by atoms with van der Waals surface area (Å²) in [6, 6.07) is 83.3. The second-order valence-electron chi connectivity index (χ2n) is 49.0. The number of nitrogens with one attached hydrogen (secondary N) is 5. The molecule has 1 heterocycles. The normalized spacial score (nSPS) is 18.5. The van der Waals surface area contributed by atoms with Crippen LogP contribution in [0.25, 0.3) is 0 Å². The van der Waals surface area contributed by atoms with Crippen LogP contribution < -0.4 is 32.3 Å². The predicted molar refractivity (Wildman–Crippen MR) is 633 cm³/mol. The minimum absolute atomic E-state index is 0.000694. The SMILES string of the molecule is CCN(CC)CC1(c2ccc(C)cc2)CCCC1.CNCC1(c2ccc(C)cc2)CCCC1.Cc1ccc(C(C)(C)CN2CCNCC2=O)cc1.Cc1ccc(C(C)(C)NCCO)cc1.Cc1ccc(C2(CN(C)C(C)C)CCCC2)cc1.Cc1ccc(C2(CN(C)C)CCCC2)cc1.Cc1ccc(C2(CN)CCCC2)cc1.Cc1ccc(C2(CNC(C)C)CCCC2)cc1.Cc1ccc(C2(CNC3CC3)CCCC2)cc1. The number of aliphatic hydroxyl groups excluding tert-OH is 1. The topological polar surface area (TPSA) is 136 Å². The number of aliphatic hydroxyl groups is 1. The van der Waals surface area contributed by atoms with Crippen LogP contribution in [0.1, 0.15) is 362 Å². The molecule has 12 nitrogen and oxygen atoms in total. The highest BCUT2D eigenvalue weighted by molar-refractivity contribution is 5.79. The van der Waals surface area contributed by atoms with Gasteiger partial charge < -0.3 is 57.0 Å². The van der Waals surface area contributed by atoms with Crippen LogP contribution in [-0.4, -0.2) is 175 Å². The molecule has 0 aromatic heterocycles. The summed E-state index contributed by atoms with van der Waals surface area (Å²) >= 11 is 0. The van der Waals surface area contributed by atoms with Crippen molar-refractivity contribution in [3.8, 4) is 0 Å². The van der Waals surface area contributed by atoms with Crippen LogP contribution >= 0.6 is 0 Å². The van der Waals surface area contributed by atoms with Gasteiger partial charge in [-0.05, 0) is 284 Å². The number of benzene rings is 9. The van der Waals surface area contributed by atoms with Crippen LogP contribution in [0.2, 0.25) is 0 Å². The molecule has 0 radical (unpaired) electrons. The summed E-state index contributed by atoms with van der Waals surface area (Å²) in [5.41, 5.74) is 34.0. The summed E-state index contributed by atoms with van der Waals surface area (Å²) in [7, 11) is 8.70. The van der Waals surface area contributed by atoms with E-state index in [0.717, 1.165) is 45.3 Å². The second-order valence-corrected chi connectivity index (χ2v) is 49.0. The first-order chi connectivity index (χ1) is 70.3. The first-order valence-electron chi connectivity index (χ1n) is 58.2. The lowest BCUT2D eigenvalue weighted by Gasteiger charge is -2.36. The number of nitrogens with zero attached hydrogens (tertiary/aromatic N) is 4. The molecular formula is C135H206N10O2. The summed E-state index contributed by atoms with van der Waals surface area (Å²) in [5.74, 6) is 0.210. The number of amides is 1. The summed E-state index contributed by atoms with van der Waals surface area (Å²) in [5, 5.41) is 25.9. The van der Waals surface area contributed by atoms with Crippen molar-refractivity contribution in [2.24, 2.45) is 5.73 Å². The minimum Gasteiger partial charge on any atom is -0.395 e. The Morgan fingerprint density at radius 3 is 0.973 bits per heavy atom. The number of carbonyl (C=O) groups excluding carboxylic acids is 1. The highest BCUT2D eigenvalue weighted by atomic mass is 16.3. The Bertz CT molecular complexity index is 5010. The zero-order valence-electron chi connectivity index (χ0n) is 97.1. The number of likely N-dealkylation sites (N-methyl/N-ethyl adjacent to an activating group) is 4. The van der Waals surface area contributed by atoms with Gasteiger partial charge in [0.15, 0.2) is 0 Å². The molecule has 12 heteroatoms. The fourth-order valence-corrected chi connectivity index (χ4v) is 25.0. The van der Waals surface area contributed by atoms with Gasteiger partial charge in [0.25, 0.3) is 0 Å². The van der Waals surface area contributed by atoms with E-state index in [1.165, 1.54) is 310 Å². The molecule has 8 N–H and O–H groups in total. The number of nitrogens with two attached hydrogens (primary N) is 1. The van der Waals surface area contributed by atoms with Crippen LogP contribution in [0.3, 0.4) is 0 Å². The maximum absolute atomic E-state index is 11.8. The van der Waals surface area contributed by atoms with Gasteiger partial charge >= 0.3 is 0 Å². The molecule has 8 saturated carbocycles. The Morgan fingerprint density at radius 1 is 0.395 bits per heavy atom. The zero-order valence-corrected chi connectivity index (χ0v) is 97.1. The van der Waals surface area contributed by atoms with Crippen molar-refractivity contribution in [2.75, 3.05) is 126 Å². The fourth-order valence-electron chi connectivity index (χ4n) is 25.0. The predicted octanol–water partition coefficient (Wildman–Crippen LogP) is 28.3. The Balaban J connectivity index is 0.000000170. The number of carbonyl (C=O) groups is 1. The molecule has 1 amide bonds. The molecule has 0 bridgehead atoms. The monoisotopic (exact) mass is 2000 g/mol. The minimum atomic E-state index is -0.0730. The van der Waals surface area contributed by atoms with Gasteiger partial charge in [0.05, 0.1) is 13.2 Å². The summed E-state index contributed by atoms with van der Waals surface area (Å²) in [6.45, 7) is 55.6. The van der Waals surface area contributed by atoms with E-state index in [1.807, 2.05) is 4.90 Å².